The first-order valence-electron chi connectivity index (χ1n) is 8.31. The summed E-state index contributed by atoms with van der Waals surface area (Å²) in [6.07, 6.45) is 1.27. The monoisotopic (exact) mass is 413 g/mol. The Bertz CT molecular complexity index is 1230. The fourth-order valence-electron chi connectivity index (χ4n) is 2.78. The number of carbonyl (C=O) groups is 1. The van der Waals surface area contributed by atoms with Crippen LogP contribution in [0.3, 0.4) is 0 Å². The first-order valence-corrected chi connectivity index (χ1v) is 9.57. The smallest absolute Gasteiger partial charge is 0.271 e. The molecule has 2 heterocycles. The van der Waals surface area contributed by atoms with Crippen molar-refractivity contribution in [1.82, 2.24) is 14.7 Å². The van der Waals surface area contributed by atoms with Crippen LogP contribution in [0.5, 0.6) is 0 Å². The number of carbonyl (C=O) groups excluding carboxylic acids is 1. The van der Waals surface area contributed by atoms with Crippen molar-refractivity contribution in [2.75, 3.05) is 0 Å². The quantitative estimate of drug-likeness (QED) is 0.546. The van der Waals surface area contributed by atoms with Gasteiger partial charge >= 0.3 is 0 Å². The molecule has 140 valence electrons. The highest BCUT2D eigenvalue weighted by molar-refractivity contribution is 7.15. The van der Waals surface area contributed by atoms with Crippen molar-refractivity contribution in [3.63, 3.8) is 0 Å². The van der Waals surface area contributed by atoms with Gasteiger partial charge in [-0.25, -0.2) is 9.37 Å². The molecular formula is C20H13ClFN3O2S. The van der Waals surface area contributed by atoms with Crippen LogP contribution in [0.15, 0.2) is 64.9 Å². The Hall–Kier alpha value is -3.03. The number of benzene rings is 2. The molecular weight excluding hydrogens is 401 g/mol. The van der Waals surface area contributed by atoms with E-state index in [0.29, 0.717) is 21.2 Å². The molecule has 0 aliphatic rings. The number of thiazole rings is 1. The highest BCUT2D eigenvalue weighted by atomic mass is 35.5. The van der Waals surface area contributed by atoms with Crippen LogP contribution in [-0.4, -0.2) is 15.3 Å². The van der Waals surface area contributed by atoms with Gasteiger partial charge in [0.2, 0.25) is 0 Å². The maximum absolute atomic E-state index is 13.2. The van der Waals surface area contributed by atoms with Crippen LogP contribution < -0.4 is 10.9 Å². The van der Waals surface area contributed by atoms with E-state index in [4.69, 9.17) is 11.6 Å². The Labute approximate surface area is 168 Å². The molecule has 0 bridgehead atoms. The van der Waals surface area contributed by atoms with Gasteiger partial charge in [-0.2, -0.15) is 0 Å². The largest absolute Gasteiger partial charge is 0.348 e. The zero-order valence-corrected chi connectivity index (χ0v) is 15.9. The van der Waals surface area contributed by atoms with Crippen LogP contribution in [0.2, 0.25) is 5.02 Å². The van der Waals surface area contributed by atoms with E-state index < -0.39 is 11.5 Å². The predicted molar refractivity (Wildman–Crippen MR) is 107 cm³/mol. The van der Waals surface area contributed by atoms with Gasteiger partial charge in [-0.05, 0) is 41.5 Å². The predicted octanol–water partition coefficient (Wildman–Crippen LogP) is 4.15. The van der Waals surface area contributed by atoms with E-state index in [-0.39, 0.29) is 17.9 Å². The van der Waals surface area contributed by atoms with Gasteiger partial charge in [0.05, 0.1) is 5.69 Å². The summed E-state index contributed by atoms with van der Waals surface area (Å²) in [4.78, 5) is 30.2. The van der Waals surface area contributed by atoms with E-state index in [1.54, 1.807) is 35.7 Å². The van der Waals surface area contributed by atoms with Crippen LogP contribution in [0.4, 0.5) is 4.39 Å². The number of nitrogens with zero attached hydrogens (tertiary/aromatic N) is 2. The minimum absolute atomic E-state index is 0.0775. The van der Waals surface area contributed by atoms with Crippen molar-refractivity contribution in [2.45, 2.75) is 6.54 Å². The Morgan fingerprint density at radius 1 is 1.18 bits per heavy atom. The van der Waals surface area contributed by atoms with E-state index in [0.717, 1.165) is 5.56 Å². The maximum Gasteiger partial charge on any atom is 0.271 e. The molecule has 1 N–H and O–H groups in total. The average molecular weight is 414 g/mol. The third-order valence-electron chi connectivity index (χ3n) is 4.23. The zero-order chi connectivity index (χ0) is 19.7. The van der Waals surface area contributed by atoms with Gasteiger partial charge in [-0.15, -0.1) is 11.3 Å². The normalized spacial score (nSPS) is 10.9. The number of hydrogen-bond donors (Lipinski definition) is 1. The van der Waals surface area contributed by atoms with E-state index >= 15 is 0 Å². The number of amides is 1. The SMILES string of the molecule is O=C(NCc1ccccc1Cl)c1cnc2scc(-c3ccc(F)cc3)n2c1=O. The van der Waals surface area contributed by atoms with Gasteiger partial charge in [0.15, 0.2) is 4.96 Å². The molecule has 0 unspecified atom stereocenters. The highest BCUT2D eigenvalue weighted by Gasteiger charge is 2.17. The van der Waals surface area contributed by atoms with Gasteiger partial charge in [-0.1, -0.05) is 29.8 Å². The minimum atomic E-state index is -0.539. The van der Waals surface area contributed by atoms with Gasteiger partial charge < -0.3 is 5.32 Å². The second-order valence-electron chi connectivity index (χ2n) is 6.00. The third-order valence-corrected chi connectivity index (χ3v) is 5.44. The van der Waals surface area contributed by atoms with Crippen molar-refractivity contribution in [3.8, 4) is 11.3 Å². The molecule has 0 aliphatic carbocycles. The average Bonchev–Trinajstić information content (AvgIpc) is 3.13. The Morgan fingerprint density at radius 3 is 2.68 bits per heavy atom. The first-order chi connectivity index (χ1) is 13.5. The maximum atomic E-state index is 13.2. The molecule has 0 saturated heterocycles. The molecule has 0 aliphatic heterocycles. The van der Waals surface area contributed by atoms with Crippen molar-refractivity contribution in [2.24, 2.45) is 0 Å². The van der Waals surface area contributed by atoms with Gasteiger partial charge in [-0.3, -0.25) is 14.0 Å². The number of nitrogens with one attached hydrogen (secondary N) is 1. The minimum Gasteiger partial charge on any atom is -0.348 e. The van der Waals surface area contributed by atoms with Crippen molar-refractivity contribution < 1.29 is 9.18 Å². The summed E-state index contributed by atoms with van der Waals surface area (Å²) >= 11 is 7.36. The molecule has 0 fully saturated rings. The molecule has 4 aromatic rings. The number of rotatable bonds is 4. The molecule has 4 rings (SSSR count). The van der Waals surface area contributed by atoms with E-state index in [2.05, 4.69) is 10.3 Å². The second kappa shape index (κ2) is 7.53. The summed E-state index contributed by atoms with van der Waals surface area (Å²) in [5.74, 6) is -0.906. The molecule has 0 radical (unpaired) electrons. The van der Waals surface area contributed by atoms with Crippen LogP contribution in [0.1, 0.15) is 15.9 Å². The molecule has 0 atom stereocenters. The molecule has 1 amide bonds. The number of hydrogen-bond acceptors (Lipinski definition) is 4. The molecule has 2 aromatic heterocycles. The third kappa shape index (κ3) is 3.42. The number of fused-ring (bicyclic) bond motifs is 1. The summed E-state index contributed by atoms with van der Waals surface area (Å²) in [7, 11) is 0. The van der Waals surface area contributed by atoms with Crippen LogP contribution in [0.25, 0.3) is 16.2 Å². The summed E-state index contributed by atoms with van der Waals surface area (Å²) in [5.41, 5.74) is 1.39. The van der Waals surface area contributed by atoms with E-state index in [9.17, 15) is 14.0 Å². The van der Waals surface area contributed by atoms with Crippen LogP contribution in [0, 0.1) is 5.82 Å². The second-order valence-corrected chi connectivity index (χ2v) is 7.24. The Balaban J connectivity index is 1.68. The summed E-state index contributed by atoms with van der Waals surface area (Å²) in [6.45, 7) is 0.190. The lowest BCUT2D eigenvalue weighted by molar-refractivity contribution is 0.0949. The summed E-state index contributed by atoms with van der Waals surface area (Å²) in [5, 5.41) is 4.98. The van der Waals surface area contributed by atoms with E-state index in [1.807, 2.05) is 6.07 Å². The zero-order valence-electron chi connectivity index (χ0n) is 14.4. The van der Waals surface area contributed by atoms with Gasteiger partial charge in [0.1, 0.15) is 11.4 Å². The Kier molecular flexibility index (Phi) is 4.93. The molecule has 2 aromatic carbocycles. The van der Waals surface area contributed by atoms with Crippen molar-refractivity contribution in [1.29, 1.82) is 0 Å². The standard InChI is InChI=1S/C20H13ClFN3O2S/c21-16-4-2-1-3-13(16)9-23-18(26)15-10-24-20-25(19(15)27)17(11-28-20)12-5-7-14(22)8-6-12/h1-8,10-11H,9H2,(H,23,26). The lowest BCUT2D eigenvalue weighted by atomic mass is 10.1. The van der Waals surface area contributed by atoms with Crippen molar-refractivity contribution >= 4 is 33.8 Å². The topological polar surface area (TPSA) is 63.5 Å². The fourth-order valence-corrected chi connectivity index (χ4v) is 3.84. The van der Waals surface area contributed by atoms with Gasteiger partial charge in [0, 0.05) is 23.1 Å². The molecule has 5 nitrogen and oxygen atoms in total. The lowest BCUT2D eigenvalue weighted by Crippen LogP contribution is -2.31. The molecule has 0 spiro atoms. The van der Waals surface area contributed by atoms with Crippen LogP contribution >= 0.6 is 22.9 Å². The van der Waals surface area contributed by atoms with E-state index in [1.165, 1.54) is 34.1 Å². The van der Waals surface area contributed by atoms with Gasteiger partial charge in [0.25, 0.3) is 11.5 Å². The molecule has 28 heavy (non-hydrogen) atoms. The van der Waals surface area contributed by atoms with Crippen molar-refractivity contribution in [3.05, 3.63) is 92.4 Å². The molecule has 8 heteroatoms. The summed E-state index contributed by atoms with van der Waals surface area (Å²) < 4.78 is 14.6. The highest BCUT2D eigenvalue weighted by Crippen LogP contribution is 2.24. The first kappa shape index (κ1) is 18.3. The number of halogens is 2. The lowest BCUT2D eigenvalue weighted by Gasteiger charge is -2.07. The fraction of sp³-hybridized carbons (Fsp3) is 0.0500. The Morgan fingerprint density at radius 2 is 1.93 bits per heavy atom. The molecule has 0 saturated carbocycles. The number of aromatic nitrogens is 2. The van der Waals surface area contributed by atoms with Crippen LogP contribution in [-0.2, 0) is 6.54 Å². The summed E-state index contributed by atoms with van der Waals surface area (Å²) in [6, 6.07) is 12.9.